The van der Waals surface area contributed by atoms with Crippen LogP contribution in [0.5, 0.6) is 0 Å². The first-order valence-electron chi connectivity index (χ1n) is 11.2. The Morgan fingerprint density at radius 1 is 0.812 bits per heavy atom. The summed E-state index contributed by atoms with van der Waals surface area (Å²) in [7, 11) is 0. The van der Waals surface area contributed by atoms with Crippen molar-refractivity contribution in [3.63, 3.8) is 0 Å². The predicted molar refractivity (Wildman–Crippen MR) is 130 cm³/mol. The molecule has 2 aromatic rings. The summed E-state index contributed by atoms with van der Waals surface area (Å²) in [4.78, 5) is 0. The molecule has 0 bridgehead atoms. The molecule has 2 aromatic carbocycles. The van der Waals surface area contributed by atoms with Gasteiger partial charge in [-0.3, -0.25) is 0 Å². The van der Waals surface area contributed by atoms with Crippen LogP contribution >= 0.6 is 0 Å². The van der Waals surface area contributed by atoms with Gasteiger partial charge in [0.05, 0.1) is 0 Å². The number of benzene rings is 2. The number of hydrogen-bond acceptors (Lipinski definition) is 0. The van der Waals surface area contributed by atoms with Crippen molar-refractivity contribution in [1.82, 2.24) is 0 Å². The second kappa shape index (κ2) is 10.7. The van der Waals surface area contributed by atoms with Crippen LogP contribution in [0.2, 0.25) is 13.1 Å². The molecule has 2 atom stereocenters. The molecule has 0 radical (unpaired) electrons. The molecule has 0 spiro atoms. The number of rotatable bonds is 3. The molecule has 32 heavy (non-hydrogen) atoms. The standard InChI is InChI=1S/C17H15.C9H13.C2H6Si.2ClH.Zr/c1-12-7-8-15(11-13(12)2)17-10-9-14-5-3-4-6-16(14)17;1-6-5-7(2)9(4)8(6)3;1-3-2;;;/h3-11H,1-2H3;6H,1-4H3;1-2H3;2*1H;/q;;;;;+2/p-2. The second-order valence-corrected chi connectivity index (χ2v) is 26.9. The Balaban J connectivity index is 0.00000181. The molecule has 0 saturated carbocycles. The van der Waals surface area contributed by atoms with E-state index in [4.69, 9.17) is 0 Å². The van der Waals surface area contributed by atoms with Crippen LogP contribution < -0.4 is 24.8 Å². The normalized spacial score (nSPS) is 19.0. The van der Waals surface area contributed by atoms with Crippen LogP contribution in [0.4, 0.5) is 0 Å². The third-order valence-corrected chi connectivity index (χ3v) is 26.1. The SMILES string of the molecule is CC1=C(C)C(C)[C]([Zr+2]([CH]2C=C(c3ccc(C)c(C)c3)c3ccccc32)=[Si](C)C)=C1C.[Cl-].[Cl-]. The zero-order chi connectivity index (χ0) is 21.7. The Morgan fingerprint density at radius 2 is 1.47 bits per heavy atom. The van der Waals surface area contributed by atoms with Crippen molar-refractivity contribution in [3.05, 3.63) is 96.4 Å². The summed E-state index contributed by atoms with van der Waals surface area (Å²) in [6.07, 6.45) is 2.69. The van der Waals surface area contributed by atoms with Gasteiger partial charge in [-0.2, -0.15) is 0 Å². The van der Waals surface area contributed by atoms with Crippen LogP contribution in [0.15, 0.2) is 68.5 Å². The summed E-state index contributed by atoms with van der Waals surface area (Å²) in [5.74, 6) is 0.658. The van der Waals surface area contributed by atoms with E-state index in [1.54, 1.807) is 22.3 Å². The van der Waals surface area contributed by atoms with E-state index in [1.165, 1.54) is 27.8 Å². The van der Waals surface area contributed by atoms with Crippen molar-refractivity contribution < 1.29 is 45.2 Å². The number of halogens is 2. The van der Waals surface area contributed by atoms with Gasteiger partial charge in [0.15, 0.2) is 0 Å². The van der Waals surface area contributed by atoms with Gasteiger partial charge in [-0.1, -0.05) is 0 Å². The van der Waals surface area contributed by atoms with Gasteiger partial charge in [-0.25, -0.2) is 0 Å². The zero-order valence-corrected chi connectivity index (χ0v) is 25.5. The van der Waals surface area contributed by atoms with Gasteiger partial charge < -0.3 is 24.8 Å². The molecule has 0 fully saturated rings. The minimum atomic E-state index is -1.91. The minimum absolute atomic E-state index is 0. The molecule has 0 heterocycles. The molecule has 4 rings (SSSR count). The Bertz CT molecular complexity index is 1180. The fraction of sp³-hybridized carbons (Fsp3) is 0.357. The predicted octanol–water partition coefficient (Wildman–Crippen LogP) is 1.93. The van der Waals surface area contributed by atoms with Crippen LogP contribution in [0.3, 0.4) is 0 Å². The first-order valence-corrected chi connectivity index (χ1v) is 20.0. The van der Waals surface area contributed by atoms with E-state index in [0.717, 1.165) is 0 Å². The Hall–Kier alpha value is -0.660. The van der Waals surface area contributed by atoms with Gasteiger partial charge in [-0.05, 0) is 0 Å². The third-order valence-electron chi connectivity index (χ3n) is 7.52. The second-order valence-electron chi connectivity index (χ2n) is 9.43. The van der Waals surface area contributed by atoms with E-state index in [1.807, 2.05) is 3.28 Å². The largest absolute Gasteiger partial charge is 1.00 e. The van der Waals surface area contributed by atoms with Gasteiger partial charge in [0.2, 0.25) is 0 Å². The third kappa shape index (κ3) is 4.63. The molecule has 0 aromatic heterocycles. The molecule has 0 saturated heterocycles. The summed E-state index contributed by atoms with van der Waals surface area (Å²) < 4.78 is 2.58. The molecular weight excluding hydrogens is 527 g/mol. The van der Waals surface area contributed by atoms with Crippen LogP contribution in [0.25, 0.3) is 5.57 Å². The Kier molecular flexibility index (Phi) is 9.25. The average molecular weight is 561 g/mol. The zero-order valence-electron chi connectivity index (χ0n) is 20.5. The van der Waals surface area contributed by atoms with Gasteiger partial charge in [0.1, 0.15) is 0 Å². The first kappa shape index (κ1) is 27.6. The molecule has 0 aliphatic heterocycles. The monoisotopic (exact) mass is 558 g/mol. The van der Waals surface area contributed by atoms with Crippen LogP contribution in [0, 0.1) is 19.8 Å². The van der Waals surface area contributed by atoms with Gasteiger partial charge in [0.25, 0.3) is 0 Å². The van der Waals surface area contributed by atoms with Crippen molar-refractivity contribution in [1.29, 1.82) is 0 Å². The topological polar surface area (TPSA) is 0 Å². The molecule has 0 amide bonds. The molecule has 0 nitrogen and oxygen atoms in total. The van der Waals surface area contributed by atoms with Crippen molar-refractivity contribution in [2.24, 2.45) is 5.92 Å². The summed E-state index contributed by atoms with van der Waals surface area (Å²) in [5, 5.41) is 0. The Morgan fingerprint density at radius 3 is 2.03 bits per heavy atom. The quantitative estimate of drug-likeness (QED) is 0.504. The maximum atomic E-state index is 2.69. The molecule has 2 aliphatic rings. The fourth-order valence-electron chi connectivity index (χ4n) is 5.31. The number of allylic oxidation sites excluding steroid dienone is 5. The van der Waals surface area contributed by atoms with Crippen molar-refractivity contribution >= 4 is 11.0 Å². The van der Waals surface area contributed by atoms with E-state index in [2.05, 4.69) is 103 Å². The van der Waals surface area contributed by atoms with Crippen molar-refractivity contribution in [2.45, 2.75) is 58.3 Å². The molecule has 4 heteroatoms. The van der Waals surface area contributed by atoms with Gasteiger partial charge in [0, 0.05) is 0 Å². The fourth-order valence-corrected chi connectivity index (χ4v) is 25.0. The van der Waals surface area contributed by atoms with E-state index < -0.39 is 20.4 Å². The van der Waals surface area contributed by atoms with E-state index >= 15 is 0 Å². The van der Waals surface area contributed by atoms with Crippen LogP contribution in [0.1, 0.15) is 59.1 Å². The van der Waals surface area contributed by atoms with E-state index in [0.29, 0.717) is 9.54 Å². The van der Waals surface area contributed by atoms with Crippen LogP contribution in [-0.2, 0) is 20.4 Å². The van der Waals surface area contributed by atoms with Crippen LogP contribution in [-0.4, -0.2) is 5.43 Å². The number of aryl methyl sites for hydroxylation is 2. The average Bonchev–Trinajstić information content (AvgIpc) is 3.18. The summed E-state index contributed by atoms with van der Waals surface area (Å²) in [5.41, 5.74) is 13.2. The van der Waals surface area contributed by atoms with Crippen molar-refractivity contribution in [2.75, 3.05) is 0 Å². The van der Waals surface area contributed by atoms with E-state index in [-0.39, 0.29) is 30.2 Å². The molecule has 2 aliphatic carbocycles. The molecule has 2 unspecified atom stereocenters. The minimum Gasteiger partial charge on any atom is -1.00 e. The first-order chi connectivity index (χ1) is 14.2. The number of fused-ring (bicyclic) bond motifs is 1. The maximum Gasteiger partial charge on any atom is -1.00 e. The van der Waals surface area contributed by atoms with E-state index in [9.17, 15) is 0 Å². The maximum absolute atomic E-state index is 2.69. The smallest absolute Gasteiger partial charge is 1.00 e. The molecule has 0 N–H and O–H groups in total. The number of hydrogen-bond donors (Lipinski definition) is 0. The molecular formula is C28H34Cl2SiZr. The summed E-state index contributed by atoms with van der Waals surface area (Å²) >= 11 is -1.91. The van der Waals surface area contributed by atoms with Crippen molar-refractivity contribution in [3.8, 4) is 0 Å². The van der Waals surface area contributed by atoms with Gasteiger partial charge in [-0.15, -0.1) is 0 Å². The van der Waals surface area contributed by atoms with Gasteiger partial charge >= 0.3 is 192 Å². The summed E-state index contributed by atoms with van der Waals surface area (Å²) in [6, 6.07) is 16.3. The Labute approximate surface area is 215 Å². The summed E-state index contributed by atoms with van der Waals surface area (Å²) in [6.45, 7) is 19.3. The molecule has 168 valence electrons.